The normalized spacial score (nSPS) is 17.9. The minimum Gasteiger partial charge on any atom is -0.424 e. The molecule has 0 spiro atoms. The number of rotatable bonds is 5. The zero-order chi connectivity index (χ0) is 15.6. The van der Waals surface area contributed by atoms with Crippen molar-refractivity contribution in [3.05, 3.63) is 24.3 Å². The highest BCUT2D eigenvalue weighted by molar-refractivity contribution is 7.90. The number of likely N-dealkylation sites (tertiary alicyclic amines) is 1. The second-order valence-corrected chi connectivity index (χ2v) is 8.14. The topological polar surface area (TPSA) is 75.4 Å². The summed E-state index contributed by atoms with van der Waals surface area (Å²) in [6, 6.07) is 8.59. The zero-order valence-corrected chi connectivity index (χ0v) is 13.5. The van der Waals surface area contributed by atoms with Crippen LogP contribution in [0.3, 0.4) is 0 Å². The van der Waals surface area contributed by atoms with Crippen LogP contribution in [0.25, 0.3) is 11.1 Å². The lowest BCUT2D eigenvalue weighted by Crippen LogP contribution is -2.41. The number of nitrogens with zero attached hydrogens (tertiary/aromatic N) is 2. The average Bonchev–Trinajstić information content (AvgIpc) is 2.88. The van der Waals surface area contributed by atoms with Gasteiger partial charge in [0.25, 0.3) is 6.01 Å². The molecule has 0 amide bonds. The summed E-state index contributed by atoms with van der Waals surface area (Å²) in [4.78, 5) is 6.62. The van der Waals surface area contributed by atoms with Crippen molar-refractivity contribution < 1.29 is 12.8 Å². The Morgan fingerprint density at radius 3 is 2.73 bits per heavy atom. The molecule has 22 heavy (non-hydrogen) atoms. The van der Waals surface area contributed by atoms with Gasteiger partial charge in [-0.25, -0.2) is 8.42 Å². The van der Waals surface area contributed by atoms with Crippen molar-refractivity contribution in [3.63, 3.8) is 0 Å². The van der Waals surface area contributed by atoms with E-state index >= 15 is 0 Å². The fourth-order valence-electron chi connectivity index (χ4n) is 2.70. The molecule has 2 aromatic rings. The summed E-state index contributed by atoms with van der Waals surface area (Å²) in [5.74, 6) is 0.232. The minimum absolute atomic E-state index is 0.232. The Morgan fingerprint density at radius 1 is 1.32 bits per heavy atom. The Kier molecular flexibility index (Phi) is 4.35. The van der Waals surface area contributed by atoms with Gasteiger partial charge in [0, 0.05) is 31.9 Å². The molecule has 0 bridgehead atoms. The van der Waals surface area contributed by atoms with Crippen molar-refractivity contribution in [1.29, 1.82) is 0 Å². The molecule has 120 valence electrons. The van der Waals surface area contributed by atoms with Gasteiger partial charge in [0.05, 0.1) is 5.75 Å². The summed E-state index contributed by atoms with van der Waals surface area (Å²) < 4.78 is 28.1. The summed E-state index contributed by atoms with van der Waals surface area (Å²) in [6.45, 7) is 2.41. The molecule has 0 aliphatic carbocycles. The number of benzene rings is 1. The molecule has 2 heterocycles. The van der Waals surface area contributed by atoms with E-state index in [2.05, 4.69) is 15.2 Å². The van der Waals surface area contributed by atoms with Crippen LogP contribution in [0.4, 0.5) is 6.01 Å². The lowest BCUT2D eigenvalue weighted by atomic mass is 10.1. The average molecular weight is 323 g/mol. The number of nitrogens with one attached hydrogen (secondary N) is 1. The summed E-state index contributed by atoms with van der Waals surface area (Å²) in [6.07, 6.45) is 3.21. The maximum absolute atomic E-state index is 11.2. The van der Waals surface area contributed by atoms with Crippen LogP contribution in [0.5, 0.6) is 0 Å². The van der Waals surface area contributed by atoms with E-state index in [0.29, 0.717) is 18.6 Å². The first kappa shape index (κ1) is 15.3. The third-order valence-electron chi connectivity index (χ3n) is 3.99. The highest BCUT2D eigenvalue weighted by atomic mass is 32.2. The third kappa shape index (κ3) is 3.98. The number of fused-ring (bicyclic) bond motifs is 1. The number of para-hydroxylation sites is 2. The smallest absolute Gasteiger partial charge is 0.295 e. The van der Waals surface area contributed by atoms with Gasteiger partial charge in [-0.1, -0.05) is 12.1 Å². The van der Waals surface area contributed by atoms with Crippen molar-refractivity contribution >= 4 is 27.0 Å². The number of piperidine rings is 1. The van der Waals surface area contributed by atoms with Gasteiger partial charge < -0.3 is 14.6 Å². The standard InChI is InChI=1S/C15H21N3O3S/c1-22(19,20)11-10-18-8-6-12(7-9-18)16-15-17-13-4-2-3-5-14(13)21-15/h2-5,12H,6-11H2,1H3,(H,16,17). The molecule has 1 saturated heterocycles. The zero-order valence-electron chi connectivity index (χ0n) is 12.7. The summed E-state index contributed by atoms with van der Waals surface area (Å²) in [5.41, 5.74) is 1.64. The molecule has 0 radical (unpaired) electrons. The summed E-state index contributed by atoms with van der Waals surface area (Å²) in [5, 5.41) is 3.34. The Balaban J connectivity index is 1.51. The van der Waals surface area contributed by atoms with Crippen LogP contribution in [0.15, 0.2) is 28.7 Å². The molecule has 1 N–H and O–H groups in total. The summed E-state index contributed by atoms with van der Waals surface area (Å²) >= 11 is 0. The van der Waals surface area contributed by atoms with Crippen LogP contribution in [-0.4, -0.2) is 56.0 Å². The second-order valence-electron chi connectivity index (χ2n) is 5.88. The molecular formula is C15H21N3O3S. The van der Waals surface area contributed by atoms with Crippen molar-refractivity contribution in [2.75, 3.05) is 37.0 Å². The highest BCUT2D eigenvalue weighted by Crippen LogP contribution is 2.21. The number of anilines is 1. The van der Waals surface area contributed by atoms with E-state index in [0.717, 1.165) is 37.0 Å². The highest BCUT2D eigenvalue weighted by Gasteiger charge is 2.21. The molecule has 0 unspecified atom stereocenters. The van der Waals surface area contributed by atoms with Gasteiger partial charge in [-0.15, -0.1) is 0 Å². The Morgan fingerprint density at radius 2 is 2.05 bits per heavy atom. The van der Waals surface area contributed by atoms with Crippen LogP contribution < -0.4 is 5.32 Å². The molecule has 1 fully saturated rings. The second kappa shape index (κ2) is 6.26. The van der Waals surface area contributed by atoms with Crippen LogP contribution in [0.2, 0.25) is 0 Å². The van der Waals surface area contributed by atoms with Gasteiger partial charge in [0.1, 0.15) is 15.4 Å². The molecule has 3 rings (SSSR count). The van der Waals surface area contributed by atoms with Crippen LogP contribution >= 0.6 is 0 Å². The van der Waals surface area contributed by atoms with Crippen LogP contribution in [0, 0.1) is 0 Å². The van der Waals surface area contributed by atoms with Gasteiger partial charge in [-0.05, 0) is 25.0 Å². The predicted octanol–water partition coefficient (Wildman–Crippen LogP) is 1.75. The Bertz CT molecular complexity index is 700. The van der Waals surface area contributed by atoms with Crippen molar-refractivity contribution in [2.45, 2.75) is 18.9 Å². The Labute approximate surface area is 130 Å². The molecule has 0 atom stereocenters. The van der Waals surface area contributed by atoms with Gasteiger partial charge in [-0.3, -0.25) is 0 Å². The van der Waals surface area contributed by atoms with Crippen molar-refractivity contribution in [3.8, 4) is 0 Å². The van der Waals surface area contributed by atoms with Crippen molar-refractivity contribution in [2.24, 2.45) is 0 Å². The third-order valence-corrected chi connectivity index (χ3v) is 4.91. The number of hydrogen-bond donors (Lipinski definition) is 1. The molecule has 1 aromatic heterocycles. The van der Waals surface area contributed by atoms with E-state index in [9.17, 15) is 8.42 Å². The maximum Gasteiger partial charge on any atom is 0.295 e. The molecule has 6 nitrogen and oxygen atoms in total. The van der Waals surface area contributed by atoms with E-state index in [-0.39, 0.29) is 5.75 Å². The quantitative estimate of drug-likeness (QED) is 0.903. The van der Waals surface area contributed by atoms with Gasteiger partial charge in [0.2, 0.25) is 0 Å². The first-order valence-electron chi connectivity index (χ1n) is 7.52. The molecule has 1 aliphatic rings. The number of aromatic nitrogens is 1. The van der Waals surface area contributed by atoms with Gasteiger partial charge >= 0.3 is 0 Å². The monoisotopic (exact) mass is 323 g/mol. The fraction of sp³-hybridized carbons (Fsp3) is 0.533. The molecule has 0 saturated carbocycles. The molecule has 1 aromatic carbocycles. The fourth-order valence-corrected chi connectivity index (χ4v) is 3.29. The predicted molar refractivity (Wildman–Crippen MR) is 86.8 cm³/mol. The van der Waals surface area contributed by atoms with Gasteiger partial charge in [-0.2, -0.15) is 4.98 Å². The van der Waals surface area contributed by atoms with Crippen LogP contribution in [0.1, 0.15) is 12.8 Å². The SMILES string of the molecule is CS(=O)(=O)CCN1CCC(Nc2nc3ccccc3o2)CC1. The number of hydrogen-bond acceptors (Lipinski definition) is 6. The van der Waals surface area contributed by atoms with E-state index in [1.165, 1.54) is 6.26 Å². The molecule has 1 aliphatic heterocycles. The van der Waals surface area contributed by atoms with Crippen molar-refractivity contribution in [1.82, 2.24) is 9.88 Å². The van der Waals surface area contributed by atoms with Crippen LogP contribution in [-0.2, 0) is 9.84 Å². The number of oxazole rings is 1. The molecular weight excluding hydrogens is 302 g/mol. The Hall–Kier alpha value is -1.60. The van der Waals surface area contributed by atoms with Gasteiger partial charge in [0.15, 0.2) is 5.58 Å². The van der Waals surface area contributed by atoms with E-state index in [4.69, 9.17) is 4.42 Å². The lowest BCUT2D eigenvalue weighted by Gasteiger charge is -2.31. The van der Waals surface area contributed by atoms with E-state index in [1.54, 1.807) is 0 Å². The van der Waals surface area contributed by atoms with E-state index < -0.39 is 9.84 Å². The first-order chi connectivity index (χ1) is 10.5. The molecule has 7 heteroatoms. The largest absolute Gasteiger partial charge is 0.424 e. The summed E-state index contributed by atoms with van der Waals surface area (Å²) in [7, 11) is -2.88. The lowest BCUT2D eigenvalue weighted by molar-refractivity contribution is 0.229. The maximum atomic E-state index is 11.2. The van der Waals surface area contributed by atoms with E-state index in [1.807, 2.05) is 24.3 Å². The minimum atomic E-state index is -2.88. The number of sulfone groups is 1. The first-order valence-corrected chi connectivity index (χ1v) is 9.58.